The maximum atomic E-state index is 10.8. The predicted molar refractivity (Wildman–Crippen MR) is 161 cm³/mol. The van der Waals surface area contributed by atoms with Crippen LogP contribution in [0.1, 0.15) is 101 Å². The zero-order chi connectivity index (χ0) is 28.8. The van der Waals surface area contributed by atoms with Gasteiger partial charge in [0.1, 0.15) is 5.75 Å². The Bertz CT molecular complexity index is 1260. The molecule has 0 bridgehead atoms. The first kappa shape index (κ1) is 30.4. The van der Waals surface area contributed by atoms with Gasteiger partial charge in [-0.3, -0.25) is 4.79 Å². The van der Waals surface area contributed by atoms with E-state index in [1.165, 1.54) is 22.3 Å². The van der Waals surface area contributed by atoms with Gasteiger partial charge in [-0.2, -0.15) is 0 Å². The maximum absolute atomic E-state index is 10.8. The predicted octanol–water partition coefficient (Wildman–Crippen LogP) is 8.79. The van der Waals surface area contributed by atoms with Gasteiger partial charge in [0, 0.05) is 11.8 Å². The van der Waals surface area contributed by atoms with Crippen molar-refractivity contribution in [2.45, 2.75) is 92.1 Å². The summed E-state index contributed by atoms with van der Waals surface area (Å²) in [5, 5.41) is 19.7. The zero-order valence-corrected chi connectivity index (χ0v) is 24.8. The monoisotopic (exact) mass is 530 g/mol. The number of aliphatic carboxylic acids is 1. The number of ether oxygens (including phenoxy) is 1. The molecule has 210 valence electrons. The quantitative estimate of drug-likeness (QED) is 0.230. The van der Waals surface area contributed by atoms with Crippen LogP contribution in [0.3, 0.4) is 0 Å². The summed E-state index contributed by atoms with van der Waals surface area (Å²) >= 11 is 0. The van der Waals surface area contributed by atoms with Crippen LogP contribution in [0.2, 0.25) is 0 Å². The smallest absolute Gasteiger partial charge is 0.303 e. The third-order valence-corrected chi connectivity index (χ3v) is 8.09. The maximum Gasteiger partial charge on any atom is 0.303 e. The topological polar surface area (TPSA) is 66.8 Å². The van der Waals surface area contributed by atoms with Crippen molar-refractivity contribution in [3.05, 3.63) is 88.5 Å². The van der Waals surface area contributed by atoms with E-state index in [2.05, 4.69) is 97.0 Å². The molecule has 0 aliphatic carbocycles. The van der Waals surface area contributed by atoms with Gasteiger partial charge in [-0.25, -0.2) is 0 Å². The number of hydrogen-bond donors (Lipinski definition) is 2. The van der Waals surface area contributed by atoms with Gasteiger partial charge in [0.2, 0.25) is 0 Å². The first-order valence-corrected chi connectivity index (χ1v) is 14.3. The van der Waals surface area contributed by atoms with Crippen molar-refractivity contribution in [2.75, 3.05) is 6.61 Å². The van der Waals surface area contributed by atoms with Crippen molar-refractivity contribution < 1.29 is 19.7 Å². The van der Waals surface area contributed by atoms with E-state index in [-0.39, 0.29) is 17.3 Å². The highest BCUT2D eigenvalue weighted by Crippen LogP contribution is 2.42. The molecule has 4 heteroatoms. The number of unbranched alkanes of at least 4 members (excludes halogenated alkanes) is 1. The van der Waals surface area contributed by atoms with Gasteiger partial charge in [-0.15, -0.1) is 0 Å². The van der Waals surface area contributed by atoms with Gasteiger partial charge in [-0.05, 0) is 96.0 Å². The van der Waals surface area contributed by atoms with Gasteiger partial charge in [0.25, 0.3) is 0 Å². The van der Waals surface area contributed by atoms with E-state index in [1.807, 2.05) is 12.1 Å². The minimum atomic E-state index is -0.762. The normalized spacial score (nSPS) is 12.8. The number of aliphatic hydroxyl groups is 1. The van der Waals surface area contributed by atoms with Crippen LogP contribution in [-0.2, 0) is 10.2 Å². The zero-order valence-electron chi connectivity index (χ0n) is 24.8. The highest BCUT2D eigenvalue weighted by Gasteiger charge is 2.31. The van der Waals surface area contributed by atoms with E-state index in [4.69, 9.17) is 9.84 Å². The number of carboxylic acid groups (broad SMARTS) is 1. The van der Waals surface area contributed by atoms with Crippen molar-refractivity contribution in [2.24, 2.45) is 5.41 Å². The SMILES string of the molecule is CCC(CC)(c1ccc(OCCCCC(=O)O)c(C)c1)c1ccc(-c2cccc(C(O)C(C)(C)C)c2)c(C)c1. The van der Waals surface area contributed by atoms with Crippen LogP contribution in [0.25, 0.3) is 11.1 Å². The highest BCUT2D eigenvalue weighted by atomic mass is 16.5. The average molecular weight is 531 g/mol. The molecule has 0 heterocycles. The van der Waals surface area contributed by atoms with Gasteiger partial charge in [-0.1, -0.05) is 83.1 Å². The molecule has 0 amide bonds. The first-order chi connectivity index (χ1) is 18.4. The minimum absolute atomic E-state index is 0.113. The van der Waals surface area contributed by atoms with Crippen LogP contribution in [0.5, 0.6) is 5.75 Å². The standard InChI is InChI=1S/C35H46O4/c1-8-35(9-2,29-17-19-31(25(4)22-29)39-20-11-10-15-32(36)37)28-16-18-30(24(3)21-28)26-13-12-14-27(23-26)33(38)34(5,6)7/h12-14,16-19,21-23,33,38H,8-11,15,20H2,1-7H3,(H,36,37). The number of carboxylic acids is 1. The van der Waals surface area contributed by atoms with E-state index < -0.39 is 12.1 Å². The van der Waals surface area contributed by atoms with E-state index in [1.54, 1.807) is 0 Å². The third kappa shape index (κ3) is 7.10. The molecular weight excluding hydrogens is 484 g/mol. The van der Waals surface area contributed by atoms with Crippen molar-refractivity contribution in [3.8, 4) is 16.9 Å². The number of rotatable bonds is 12. The summed E-state index contributed by atoms with van der Waals surface area (Å²) in [6.45, 7) is 15.5. The van der Waals surface area contributed by atoms with Gasteiger partial charge < -0.3 is 14.9 Å². The second-order valence-electron chi connectivity index (χ2n) is 11.9. The fourth-order valence-corrected chi connectivity index (χ4v) is 5.56. The molecule has 1 atom stereocenters. The van der Waals surface area contributed by atoms with E-state index in [9.17, 15) is 9.90 Å². The summed E-state index contributed by atoms with van der Waals surface area (Å²) in [6, 6.07) is 21.6. The molecule has 2 N–H and O–H groups in total. The van der Waals surface area contributed by atoms with Crippen molar-refractivity contribution in [3.63, 3.8) is 0 Å². The number of carbonyl (C=O) groups is 1. The average Bonchev–Trinajstić information content (AvgIpc) is 2.89. The molecule has 0 saturated heterocycles. The Morgan fingerprint density at radius 2 is 1.51 bits per heavy atom. The highest BCUT2D eigenvalue weighted by molar-refractivity contribution is 5.69. The molecule has 0 spiro atoms. The van der Waals surface area contributed by atoms with Gasteiger partial charge >= 0.3 is 5.97 Å². The van der Waals surface area contributed by atoms with Gasteiger partial charge in [0.15, 0.2) is 0 Å². The fraction of sp³-hybridized carbons (Fsp3) is 0.457. The molecule has 0 aliphatic rings. The van der Waals surface area contributed by atoms with Crippen LogP contribution >= 0.6 is 0 Å². The van der Waals surface area contributed by atoms with Crippen molar-refractivity contribution in [1.29, 1.82) is 0 Å². The van der Waals surface area contributed by atoms with Crippen molar-refractivity contribution in [1.82, 2.24) is 0 Å². The lowest BCUT2D eigenvalue weighted by molar-refractivity contribution is -0.137. The van der Waals surface area contributed by atoms with Gasteiger partial charge in [0.05, 0.1) is 12.7 Å². The Morgan fingerprint density at radius 1 is 0.872 bits per heavy atom. The summed E-state index contributed by atoms with van der Waals surface area (Å²) in [6.07, 6.45) is 2.96. The molecule has 0 aromatic heterocycles. The third-order valence-electron chi connectivity index (χ3n) is 8.09. The number of benzene rings is 3. The lowest BCUT2D eigenvalue weighted by Crippen LogP contribution is -2.26. The fourth-order valence-electron chi connectivity index (χ4n) is 5.56. The van der Waals surface area contributed by atoms with Crippen LogP contribution in [-0.4, -0.2) is 22.8 Å². The second-order valence-corrected chi connectivity index (χ2v) is 11.9. The Labute approximate surface area is 235 Å². The Hall–Kier alpha value is -3.11. The Morgan fingerprint density at radius 3 is 2.08 bits per heavy atom. The first-order valence-electron chi connectivity index (χ1n) is 14.3. The molecule has 0 radical (unpaired) electrons. The Balaban J connectivity index is 1.89. The summed E-state index contributed by atoms with van der Waals surface area (Å²) < 4.78 is 5.98. The lowest BCUT2D eigenvalue weighted by Gasteiger charge is -2.34. The summed E-state index contributed by atoms with van der Waals surface area (Å²) in [7, 11) is 0. The van der Waals surface area contributed by atoms with Crippen LogP contribution in [0, 0.1) is 19.3 Å². The van der Waals surface area contributed by atoms with E-state index in [0.29, 0.717) is 13.0 Å². The van der Waals surface area contributed by atoms with E-state index in [0.717, 1.165) is 41.7 Å². The largest absolute Gasteiger partial charge is 0.493 e. The minimum Gasteiger partial charge on any atom is -0.493 e. The summed E-state index contributed by atoms with van der Waals surface area (Å²) in [5.74, 6) is 0.0983. The molecule has 0 fully saturated rings. The summed E-state index contributed by atoms with van der Waals surface area (Å²) in [4.78, 5) is 10.7. The molecule has 3 aromatic rings. The molecule has 0 saturated carbocycles. The molecule has 1 unspecified atom stereocenters. The molecular formula is C35H46O4. The van der Waals surface area contributed by atoms with E-state index >= 15 is 0 Å². The molecule has 3 rings (SSSR count). The Kier molecular flexibility index (Phi) is 10.0. The second kappa shape index (κ2) is 12.8. The molecule has 3 aromatic carbocycles. The molecule has 39 heavy (non-hydrogen) atoms. The molecule has 0 aliphatic heterocycles. The molecule has 4 nitrogen and oxygen atoms in total. The van der Waals surface area contributed by atoms with Crippen LogP contribution < -0.4 is 4.74 Å². The lowest BCUT2D eigenvalue weighted by atomic mass is 9.69. The number of aliphatic hydroxyl groups excluding tert-OH is 1. The van der Waals surface area contributed by atoms with Crippen LogP contribution in [0.15, 0.2) is 60.7 Å². The van der Waals surface area contributed by atoms with Crippen LogP contribution in [0.4, 0.5) is 0 Å². The number of hydrogen-bond acceptors (Lipinski definition) is 3. The number of aryl methyl sites for hydroxylation is 2. The van der Waals surface area contributed by atoms with Crippen molar-refractivity contribution >= 4 is 5.97 Å². The summed E-state index contributed by atoms with van der Waals surface area (Å²) in [5.41, 5.74) is 7.83.